The molecule has 2 rings (SSSR count). The molecule has 0 aromatic heterocycles. The minimum absolute atomic E-state index is 0.166. The average Bonchev–Trinajstić information content (AvgIpc) is 2.38. The molecule has 0 unspecified atom stereocenters. The van der Waals surface area contributed by atoms with Crippen molar-refractivity contribution < 1.29 is 8.96 Å². The van der Waals surface area contributed by atoms with Crippen LogP contribution in [0.1, 0.15) is 12.5 Å². The lowest BCUT2D eigenvalue weighted by Gasteiger charge is -2.09. The highest BCUT2D eigenvalue weighted by Crippen LogP contribution is 2.35. The molecule has 0 saturated carbocycles. The summed E-state index contributed by atoms with van der Waals surface area (Å²) in [4.78, 5) is 0. The molecule has 0 aliphatic carbocycles. The molecule has 100 valence electrons. The van der Waals surface area contributed by atoms with Crippen LogP contribution < -0.4 is 5.30 Å². The lowest BCUT2D eigenvalue weighted by molar-refractivity contribution is 0.588. The van der Waals surface area contributed by atoms with Crippen LogP contribution in [0.2, 0.25) is 0 Å². The van der Waals surface area contributed by atoms with Crippen LogP contribution in [0.3, 0.4) is 0 Å². The van der Waals surface area contributed by atoms with Crippen molar-refractivity contribution in [1.29, 1.82) is 0 Å². The molecule has 0 heterocycles. The Morgan fingerprint density at radius 2 is 1.58 bits per heavy atom. The topological polar surface area (TPSA) is 17.1 Å². The van der Waals surface area contributed by atoms with Gasteiger partial charge in [0.25, 0.3) is 0 Å². The molecule has 0 N–H and O–H groups in total. The van der Waals surface area contributed by atoms with Gasteiger partial charge >= 0.3 is 0 Å². The molecule has 2 aromatic carbocycles. The summed E-state index contributed by atoms with van der Waals surface area (Å²) >= 11 is 0. The van der Waals surface area contributed by atoms with Crippen molar-refractivity contribution in [3.05, 3.63) is 53.8 Å². The Kier molecular flexibility index (Phi) is 3.91. The molecule has 19 heavy (non-hydrogen) atoms. The zero-order chi connectivity index (χ0) is 14.0. The molecular weight excluding hydrogens is 258 g/mol. The number of benzene rings is 2. The highest BCUT2D eigenvalue weighted by molar-refractivity contribution is 7.70. The van der Waals surface area contributed by atoms with E-state index >= 15 is 0 Å². The smallest absolute Gasteiger partial charge is 0.127 e. The number of halogens is 1. The van der Waals surface area contributed by atoms with Gasteiger partial charge in [0.1, 0.15) is 13.0 Å². The van der Waals surface area contributed by atoms with Crippen LogP contribution in [0.15, 0.2) is 42.5 Å². The Balaban J connectivity index is 2.37. The van der Waals surface area contributed by atoms with Crippen LogP contribution in [0.5, 0.6) is 0 Å². The highest BCUT2D eigenvalue weighted by atomic mass is 31.2. The van der Waals surface area contributed by atoms with E-state index in [-0.39, 0.29) is 5.82 Å². The van der Waals surface area contributed by atoms with E-state index < -0.39 is 7.14 Å². The number of hydrogen-bond acceptors (Lipinski definition) is 1. The predicted octanol–water partition coefficient (Wildman–Crippen LogP) is 4.30. The predicted molar refractivity (Wildman–Crippen MR) is 80.3 cm³/mol. The first-order valence-corrected chi connectivity index (χ1v) is 8.96. The summed E-state index contributed by atoms with van der Waals surface area (Å²) in [5, 5.41) is 0.849. The average molecular weight is 276 g/mol. The second kappa shape index (κ2) is 5.30. The van der Waals surface area contributed by atoms with Crippen molar-refractivity contribution in [3.63, 3.8) is 0 Å². The Hall–Kier alpha value is -1.40. The van der Waals surface area contributed by atoms with Gasteiger partial charge in [-0.05, 0) is 42.5 Å². The number of aryl methyl sites for hydroxylation is 1. The fraction of sp³-hybridized carbons (Fsp3) is 0.250. The monoisotopic (exact) mass is 276 g/mol. The maximum Gasteiger partial charge on any atom is 0.127 e. The maximum atomic E-state index is 13.8. The van der Waals surface area contributed by atoms with Crippen LogP contribution in [-0.4, -0.2) is 13.3 Å². The van der Waals surface area contributed by atoms with E-state index in [1.807, 2.05) is 43.3 Å². The lowest BCUT2D eigenvalue weighted by Crippen LogP contribution is -2.01. The van der Waals surface area contributed by atoms with Crippen molar-refractivity contribution >= 4 is 12.4 Å². The lowest BCUT2D eigenvalue weighted by atomic mass is 10.0. The van der Waals surface area contributed by atoms with Gasteiger partial charge in [-0.25, -0.2) is 4.39 Å². The highest BCUT2D eigenvalue weighted by Gasteiger charge is 2.11. The van der Waals surface area contributed by atoms with Crippen LogP contribution >= 0.6 is 7.14 Å². The SMILES string of the molecule is CCc1ccc(-c2ccc(P(C)(C)=O)cc2)cc1F. The molecule has 0 saturated heterocycles. The molecule has 0 radical (unpaired) electrons. The standard InChI is InChI=1S/C16H18FOP/c1-4-12-5-6-14(11-16(12)17)13-7-9-15(10-8-13)19(2,3)18/h5-11H,4H2,1-3H3. The van der Waals surface area contributed by atoms with E-state index in [1.165, 1.54) is 0 Å². The van der Waals surface area contributed by atoms with E-state index in [2.05, 4.69) is 0 Å². The molecular formula is C16H18FOP. The van der Waals surface area contributed by atoms with Gasteiger partial charge in [0.15, 0.2) is 0 Å². The molecule has 0 spiro atoms. The molecule has 0 bridgehead atoms. The third kappa shape index (κ3) is 3.13. The van der Waals surface area contributed by atoms with E-state index in [0.29, 0.717) is 6.42 Å². The maximum absolute atomic E-state index is 13.8. The van der Waals surface area contributed by atoms with Crippen molar-refractivity contribution in [2.75, 3.05) is 13.3 Å². The third-order valence-corrected chi connectivity index (χ3v) is 4.80. The summed E-state index contributed by atoms with van der Waals surface area (Å²) < 4.78 is 25.7. The van der Waals surface area contributed by atoms with Gasteiger partial charge in [0, 0.05) is 5.30 Å². The minimum Gasteiger partial charge on any atom is -0.319 e. The zero-order valence-corrected chi connectivity index (χ0v) is 12.4. The Bertz CT molecular complexity index is 626. The molecule has 0 atom stereocenters. The molecule has 0 aliphatic rings. The van der Waals surface area contributed by atoms with Crippen LogP contribution in [0.25, 0.3) is 11.1 Å². The molecule has 0 aliphatic heterocycles. The summed E-state index contributed by atoms with van der Waals surface area (Å²) in [6, 6.07) is 12.8. The van der Waals surface area contributed by atoms with Crippen molar-refractivity contribution in [2.45, 2.75) is 13.3 Å². The number of hydrogen-bond donors (Lipinski definition) is 0. The van der Waals surface area contributed by atoms with Gasteiger partial charge in [-0.15, -0.1) is 0 Å². The van der Waals surface area contributed by atoms with Crippen LogP contribution in [0, 0.1) is 5.82 Å². The van der Waals surface area contributed by atoms with Crippen molar-refractivity contribution in [2.24, 2.45) is 0 Å². The van der Waals surface area contributed by atoms with E-state index in [1.54, 1.807) is 19.4 Å². The van der Waals surface area contributed by atoms with Crippen molar-refractivity contribution in [3.8, 4) is 11.1 Å². The fourth-order valence-electron chi connectivity index (χ4n) is 2.03. The van der Waals surface area contributed by atoms with Gasteiger partial charge in [-0.3, -0.25) is 0 Å². The number of rotatable bonds is 3. The Morgan fingerprint density at radius 3 is 2.05 bits per heavy atom. The van der Waals surface area contributed by atoms with Gasteiger partial charge < -0.3 is 4.57 Å². The molecule has 2 aromatic rings. The summed E-state index contributed by atoms with van der Waals surface area (Å²) in [7, 11) is -2.23. The second-order valence-electron chi connectivity index (χ2n) is 5.06. The molecule has 1 nitrogen and oxygen atoms in total. The molecule has 0 amide bonds. The first-order valence-electron chi connectivity index (χ1n) is 6.36. The Morgan fingerprint density at radius 1 is 1.00 bits per heavy atom. The van der Waals surface area contributed by atoms with E-state index in [9.17, 15) is 8.96 Å². The first-order chi connectivity index (χ1) is 8.91. The van der Waals surface area contributed by atoms with Crippen LogP contribution in [0.4, 0.5) is 4.39 Å². The molecule has 0 fully saturated rings. The van der Waals surface area contributed by atoms with Gasteiger partial charge in [-0.2, -0.15) is 0 Å². The first kappa shape index (κ1) is 14.0. The van der Waals surface area contributed by atoms with Gasteiger partial charge in [0.2, 0.25) is 0 Å². The summed E-state index contributed by atoms with van der Waals surface area (Å²) in [6.45, 7) is 5.43. The fourth-order valence-corrected chi connectivity index (χ4v) is 2.89. The van der Waals surface area contributed by atoms with Crippen molar-refractivity contribution in [1.82, 2.24) is 0 Å². The van der Waals surface area contributed by atoms with E-state index in [0.717, 1.165) is 22.0 Å². The minimum atomic E-state index is -2.23. The van der Waals surface area contributed by atoms with Gasteiger partial charge in [0.05, 0.1) is 0 Å². The van der Waals surface area contributed by atoms with Crippen LogP contribution in [-0.2, 0) is 11.0 Å². The third-order valence-electron chi connectivity index (χ3n) is 3.26. The largest absolute Gasteiger partial charge is 0.319 e. The van der Waals surface area contributed by atoms with Gasteiger partial charge in [-0.1, -0.05) is 43.3 Å². The second-order valence-corrected chi connectivity index (χ2v) is 8.28. The zero-order valence-electron chi connectivity index (χ0n) is 11.5. The summed E-state index contributed by atoms with van der Waals surface area (Å²) in [5.41, 5.74) is 2.52. The summed E-state index contributed by atoms with van der Waals surface area (Å²) in [5.74, 6) is -0.166. The quantitative estimate of drug-likeness (QED) is 0.764. The normalized spacial score (nSPS) is 11.6. The molecule has 3 heteroatoms. The summed E-state index contributed by atoms with van der Waals surface area (Å²) in [6.07, 6.45) is 0.694. The van der Waals surface area contributed by atoms with E-state index in [4.69, 9.17) is 0 Å². The Labute approximate surface area is 113 Å².